The highest BCUT2D eigenvalue weighted by molar-refractivity contribution is 9.10. The van der Waals surface area contributed by atoms with Crippen molar-refractivity contribution in [3.05, 3.63) is 16.0 Å². The molecule has 5 heteroatoms. The quantitative estimate of drug-likeness (QED) is 0.744. The molecule has 82 valence electrons. The molecule has 1 unspecified atom stereocenters. The largest absolute Gasteiger partial charge is 0.355 e. The minimum atomic E-state index is 0.484. The van der Waals surface area contributed by atoms with Gasteiger partial charge in [0.25, 0.3) is 0 Å². The molecule has 3 nitrogen and oxygen atoms in total. The van der Waals surface area contributed by atoms with Crippen LogP contribution in [0.5, 0.6) is 0 Å². The third-order valence-corrected chi connectivity index (χ3v) is 3.93. The average molecular weight is 291 g/mol. The molecule has 1 aliphatic rings. The number of anilines is 1. The van der Waals surface area contributed by atoms with Gasteiger partial charge in [0.05, 0.1) is 4.47 Å². The van der Waals surface area contributed by atoms with Crippen LogP contribution in [0.3, 0.4) is 0 Å². The molecule has 1 aromatic heterocycles. The molecule has 1 atom stereocenters. The lowest BCUT2D eigenvalue weighted by molar-refractivity contribution is 0.444. The monoisotopic (exact) mass is 289 g/mol. The van der Waals surface area contributed by atoms with Crippen molar-refractivity contribution < 1.29 is 0 Å². The zero-order valence-corrected chi connectivity index (χ0v) is 10.9. The van der Waals surface area contributed by atoms with E-state index in [0.717, 1.165) is 29.3 Å². The first kappa shape index (κ1) is 11.1. The number of piperidine rings is 1. The highest BCUT2D eigenvalue weighted by atomic mass is 79.9. The Morgan fingerprint density at radius 3 is 3.07 bits per heavy atom. The number of hydrogen-bond donors (Lipinski definition) is 0. The van der Waals surface area contributed by atoms with Crippen molar-refractivity contribution in [3.63, 3.8) is 0 Å². The summed E-state index contributed by atoms with van der Waals surface area (Å²) in [6, 6.07) is 0. The summed E-state index contributed by atoms with van der Waals surface area (Å²) in [7, 11) is 0. The van der Waals surface area contributed by atoms with Crippen LogP contribution in [-0.2, 0) is 0 Å². The Bertz CT molecular complexity index is 359. The van der Waals surface area contributed by atoms with Crippen LogP contribution in [0.15, 0.2) is 10.8 Å². The van der Waals surface area contributed by atoms with Crippen LogP contribution < -0.4 is 4.90 Å². The summed E-state index contributed by atoms with van der Waals surface area (Å²) in [6.07, 6.45) is 4.03. The van der Waals surface area contributed by atoms with E-state index < -0.39 is 0 Å². The van der Waals surface area contributed by atoms with Gasteiger partial charge >= 0.3 is 0 Å². The lowest BCUT2D eigenvalue weighted by Gasteiger charge is -2.32. The summed E-state index contributed by atoms with van der Waals surface area (Å²) < 4.78 is 0.806. The maximum absolute atomic E-state index is 5.94. The minimum absolute atomic E-state index is 0.484. The normalized spacial score (nSPS) is 21.8. The molecule has 0 aliphatic carbocycles. The van der Waals surface area contributed by atoms with Gasteiger partial charge in [-0.05, 0) is 34.7 Å². The lowest BCUT2D eigenvalue weighted by Crippen LogP contribution is -2.35. The fourth-order valence-corrected chi connectivity index (χ4v) is 2.53. The smallest absolute Gasteiger partial charge is 0.148 e. The molecular formula is C10H13BrClN3. The average Bonchev–Trinajstić information content (AvgIpc) is 2.22. The minimum Gasteiger partial charge on any atom is -0.355 e. The summed E-state index contributed by atoms with van der Waals surface area (Å²) in [5.74, 6) is 1.64. The summed E-state index contributed by atoms with van der Waals surface area (Å²) in [5.41, 5.74) is 0. The molecule has 1 aliphatic heterocycles. The molecule has 0 bridgehead atoms. The van der Waals surface area contributed by atoms with E-state index in [1.807, 2.05) is 0 Å². The van der Waals surface area contributed by atoms with Crippen molar-refractivity contribution in [2.24, 2.45) is 5.92 Å². The van der Waals surface area contributed by atoms with Gasteiger partial charge in [-0.1, -0.05) is 18.5 Å². The lowest BCUT2D eigenvalue weighted by atomic mass is 10.0. The van der Waals surface area contributed by atoms with Gasteiger partial charge in [-0.2, -0.15) is 0 Å². The molecule has 0 spiro atoms. The van der Waals surface area contributed by atoms with E-state index in [-0.39, 0.29) is 0 Å². The van der Waals surface area contributed by atoms with E-state index in [0.29, 0.717) is 5.15 Å². The summed E-state index contributed by atoms with van der Waals surface area (Å²) in [6.45, 7) is 4.37. The van der Waals surface area contributed by atoms with E-state index in [2.05, 4.69) is 37.7 Å². The third-order valence-electron chi connectivity index (χ3n) is 2.69. The predicted octanol–water partition coefficient (Wildman–Crippen LogP) is 3.13. The second-order valence-electron chi connectivity index (χ2n) is 4.00. The molecule has 0 saturated carbocycles. The molecule has 1 saturated heterocycles. The van der Waals surface area contributed by atoms with Gasteiger partial charge in [0, 0.05) is 13.1 Å². The molecular weight excluding hydrogens is 277 g/mol. The number of nitrogens with zero attached hydrogens (tertiary/aromatic N) is 3. The summed E-state index contributed by atoms with van der Waals surface area (Å²) in [4.78, 5) is 10.5. The van der Waals surface area contributed by atoms with Gasteiger partial charge in [-0.15, -0.1) is 0 Å². The van der Waals surface area contributed by atoms with E-state index >= 15 is 0 Å². The van der Waals surface area contributed by atoms with Crippen LogP contribution >= 0.6 is 27.5 Å². The van der Waals surface area contributed by atoms with Gasteiger partial charge in [0.15, 0.2) is 0 Å². The van der Waals surface area contributed by atoms with Gasteiger partial charge in [0.2, 0.25) is 0 Å². The second-order valence-corrected chi connectivity index (χ2v) is 5.15. The van der Waals surface area contributed by atoms with Crippen LogP contribution in [-0.4, -0.2) is 23.1 Å². The molecule has 0 radical (unpaired) electrons. The van der Waals surface area contributed by atoms with Gasteiger partial charge in [-0.3, -0.25) is 0 Å². The first-order valence-electron chi connectivity index (χ1n) is 5.09. The highest BCUT2D eigenvalue weighted by Gasteiger charge is 2.20. The van der Waals surface area contributed by atoms with Crippen molar-refractivity contribution in [3.8, 4) is 0 Å². The SMILES string of the molecule is CC1CCCN(c2ncnc(Cl)c2Br)C1. The van der Waals surface area contributed by atoms with Gasteiger partial charge in [0.1, 0.15) is 17.3 Å². The van der Waals surface area contributed by atoms with E-state index in [9.17, 15) is 0 Å². The van der Waals surface area contributed by atoms with E-state index in [1.54, 1.807) is 0 Å². The second kappa shape index (κ2) is 4.66. The zero-order valence-electron chi connectivity index (χ0n) is 8.58. The van der Waals surface area contributed by atoms with Crippen LogP contribution in [0.1, 0.15) is 19.8 Å². The van der Waals surface area contributed by atoms with Crippen molar-refractivity contribution >= 4 is 33.3 Å². The van der Waals surface area contributed by atoms with Crippen molar-refractivity contribution in [2.45, 2.75) is 19.8 Å². The maximum atomic E-state index is 5.94. The Labute approximate surface area is 103 Å². The number of aromatic nitrogens is 2. The molecule has 0 amide bonds. The Morgan fingerprint density at radius 1 is 1.53 bits per heavy atom. The first-order valence-corrected chi connectivity index (χ1v) is 6.26. The number of halogens is 2. The molecule has 0 N–H and O–H groups in total. The first-order chi connectivity index (χ1) is 7.18. The standard InChI is InChI=1S/C10H13BrClN3/c1-7-3-2-4-15(5-7)10-8(11)9(12)13-6-14-10/h6-7H,2-5H2,1H3. The van der Waals surface area contributed by atoms with Gasteiger partial charge < -0.3 is 4.90 Å². The van der Waals surface area contributed by atoms with Crippen LogP contribution in [0, 0.1) is 5.92 Å². The molecule has 15 heavy (non-hydrogen) atoms. The summed E-state index contributed by atoms with van der Waals surface area (Å²) >= 11 is 9.38. The number of rotatable bonds is 1. The fraction of sp³-hybridized carbons (Fsp3) is 0.600. The van der Waals surface area contributed by atoms with Crippen molar-refractivity contribution in [1.82, 2.24) is 9.97 Å². The molecule has 1 fully saturated rings. The Morgan fingerprint density at radius 2 is 2.33 bits per heavy atom. The summed E-state index contributed by atoms with van der Waals surface area (Å²) in [5, 5.41) is 0.484. The molecule has 2 rings (SSSR count). The van der Waals surface area contributed by atoms with Crippen LogP contribution in [0.4, 0.5) is 5.82 Å². The van der Waals surface area contributed by atoms with E-state index in [4.69, 9.17) is 11.6 Å². The molecule has 0 aromatic carbocycles. The maximum Gasteiger partial charge on any atom is 0.148 e. The third kappa shape index (κ3) is 2.42. The zero-order chi connectivity index (χ0) is 10.8. The van der Waals surface area contributed by atoms with Crippen LogP contribution in [0.25, 0.3) is 0 Å². The molecule has 1 aromatic rings. The Hall–Kier alpha value is -0.350. The highest BCUT2D eigenvalue weighted by Crippen LogP contribution is 2.31. The Kier molecular flexibility index (Phi) is 3.46. The van der Waals surface area contributed by atoms with E-state index in [1.165, 1.54) is 19.2 Å². The molecule has 2 heterocycles. The predicted molar refractivity (Wildman–Crippen MR) is 65.4 cm³/mol. The van der Waals surface area contributed by atoms with Crippen molar-refractivity contribution in [1.29, 1.82) is 0 Å². The fourth-order valence-electron chi connectivity index (χ4n) is 1.94. The van der Waals surface area contributed by atoms with Crippen LogP contribution in [0.2, 0.25) is 5.15 Å². The number of hydrogen-bond acceptors (Lipinski definition) is 3. The van der Waals surface area contributed by atoms with Gasteiger partial charge in [-0.25, -0.2) is 9.97 Å². The van der Waals surface area contributed by atoms with Crippen molar-refractivity contribution in [2.75, 3.05) is 18.0 Å². The Balaban J connectivity index is 2.24. The topological polar surface area (TPSA) is 29.0 Å².